The molecule has 5 nitrogen and oxygen atoms in total. The number of Topliss-reactive ketones (excluding diaryl/α,β-unsaturated/α-hetero) is 1. The van der Waals surface area contributed by atoms with E-state index in [0.29, 0.717) is 29.2 Å². The SMILES string of the molecule is CC(=O)Cc1c(N)ncnc1NC(C)[C@H]1[CH]C1. The van der Waals surface area contributed by atoms with Gasteiger partial charge in [0, 0.05) is 18.0 Å². The number of rotatable bonds is 5. The predicted molar refractivity (Wildman–Crippen MR) is 66.3 cm³/mol. The van der Waals surface area contributed by atoms with Crippen molar-refractivity contribution in [2.24, 2.45) is 5.92 Å². The van der Waals surface area contributed by atoms with Gasteiger partial charge in [0.05, 0.1) is 0 Å². The first kappa shape index (κ1) is 11.8. The van der Waals surface area contributed by atoms with E-state index in [1.807, 2.05) is 0 Å². The van der Waals surface area contributed by atoms with E-state index in [-0.39, 0.29) is 12.2 Å². The van der Waals surface area contributed by atoms with Crippen molar-refractivity contribution < 1.29 is 4.79 Å². The molecule has 0 saturated heterocycles. The number of carbonyl (C=O) groups excluding carboxylic acids is 1. The number of nitrogens with zero attached hydrogens (tertiary/aromatic N) is 2. The second-order valence-corrected chi connectivity index (χ2v) is 4.53. The number of nitrogen functional groups attached to an aromatic ring is 1. The Morgan fingerprint density at radius 2 is 2.35 bits per heavy atom. The molecule has 0 aromatic carbocycles. The molecular formula is C12H17N4O. The van der Waals surface area contributed by atoms with Crippen LogP contribution in [0.2, 0.25) is 0 Å². The third kappa shape index (κ3) is 2.93. The number of nitrogens with one attached hydrogen (secondary N) is 1. The summed E-state index contributed by atoms with van der Waals surface area (Å²) in [5.74, 6) is 1.71. The fraction of sp³-hybridized carbons (Fsp3) is 0.500. The van der Waals surface area contributed by atoms with Crippen molar-refractivity contribution in [1.82, 2.24) is 9.97 Å². The van der Waals surface area contributed by atoms with Crippen LogP contribution in [-0.2, 0) is 11.2 Å². The molecule has 17 heavy (non-hydrogen) atoms. The number of ketones is 1. The lowest BCUT2D eigenvalue weighted by Crippen LogP contribution is -2.20. The zero-order chi connectivity index (χ0) is 12.4. The van der Waals surface area contributed by atoms with Crippen LogP contribution in [0.4, 0.5) is 11.6 Å². The van der Waals surface area contributed by atoms with Crippen molar-refractivity contribution in [3.05, 3.63) is 18.3 Å². The quantitative estimate of drug-likeness (QED) is 0.799. The summed E-state index contributed by atoms with van der Waals surface area (Å²) in [4.78, 5) is 19.3. The van der Waals surface area contributed by atoms with Gasteiger partial charge >= 0.3 is 0 Å². The van der Waals surface area contributed by atoms with Gasteiger partial charge in [-0.15, -0.1) is 0 Å². The summed E-state index contributed by atoms with van der Waals surface area (Å²) in [6, 6.07) is 0.315. The lowest BCUT2D eigenvalue weighted by Gasteiger charge is -2.16. The minimum atomic E-state index is 0.0557. The molecule has 1 fully saturated rings. The normalized spacial score (nSPS) is 16.6. The number of aromatic nitrogens is 2. The predicted octanol–water partition coefficient (Wildman–Crippen LogP) is 1.21. The Labute approximate surface area is 101 Å². The summed E-state index contributed by atoms with van der Waals surface area (Å²) in [6.45, 7) is 3.64. The molecule has 1 saturated carbocycles. The number of carbonyl (C=O) groups is 1. The smallest absolute Gasteiger partial charge is 0.135 e. The zero-order valence-corrected chi connectivity index (χ0v) is 10.1. The highest BCUT2D eigenvalue weighted by Crippen LogP contribution is 2.33. The van der Waals surface area contributed by atoms with Crippen molar-refractivity contribution in [3.63, 3.8) is 0 Å². The Morgan fingerprint density at radius 3 is 2.94 bits per heavy atom. The van der Waals surface area contributed by atoms with Gasteiger partial charge in [0.25, 0.3) is 0 Å². The zero-order valence-electron chi connectivity index (χ0n) is 10.1. The minimum absolute atomic E-state index is 0.0557. The molecule has 2 atom stereocenters. The third-order valence-electron chi connectivity index (χ3n) is 2.92. The van der Waals surface area contributed by atoms with Crippen LogP contribution in [0, 0.1) is 12.3 Å². The van der Waals surface area contributed by atoms with E-state index < -0.39 is 0 Å². The van der Waals surface area contributed by atoms with Gasteiger partial charge in [0.2, 0.25) is 0 Å². The van der Waals surface area contributed by atoms with Crippen LogP contribution < -0.4 is 11.1 Å². The summed E-state index contributed by atoms with van der Waals surface area (Å²) in [6.07, 6.45) is 5.07. The molecule has 0 amide bonds. The van der Waals surface area contributed by atoms with Gasteiger partial charge in [0.15, 0.2) is 0 Å². The van der Waals surface area contributed by atoms with Crippen molar-refractivity contribution in [2.45, 2.75) is 32.7 Å². The molecule has 1 heterocycles. The molecule has 0 spiro atoms. The highest BCUT2D eigenvalue weighted by molar-refractivity contribution is 5.81. The monoisotopic (exact) mass is 233 g/mol. The molecule has 3 N–H and O–H groups in total. The standard InChI is InChI=1S/C12H17N4O/c1-7(17)5-10-11(13)14-6-15-12(10)16-8(2)9-3-4-9/h3,6,8-9H,4-5H2,1-2H3,(H3,13,14,15,16)/t8?,9-/m0/s1. The van der Waals surface area contributed by atoms with Gasteiger partial charge in [-0.05, 0) is 32.6 Å². The molecule has 1 aromatic heterocycles. The van der Waals surface area contributed by atoms with Crippen molar-refractivity contribution in [2.75, 3.05) is 11.1 Å². The molecule has 1 aromatic rings. The maximum Gasteiger partial charge on any atom is 0.135 e. The number of hydrogen-bond donors (Lipinski definition) is 2. The molecule has 5 heteroatoms. The highest BCUT2D eigenvalue weighted by atomic mass is 16.1. The largest absolute Gasteiger partial charge is 0.383 e. The van der Waals surface area contributed by atoms with E-state index in [1.165, 1.54) is 13.3 Å². The topological polar surface area (TPSA) is 80.9 Å². The van der Waals surface area contributed by atoms with E-state index in [2.05, 4.69) is 28.6 Å². The second kappa shape index (κ2) is 4.69. The summed E-state index contributed by atoms with van der Waals surface area (Å²) >= 11 is 0. The van der Waals surface area contributed by atoms with E-state index in [0.717, 1.165) is 6.42 Å². The summed E-state index contributed by atoms with van der Waals surface area (Å²) < 4.78 is 0. The molecule has 2 rings (SSSR count). The van der Waals surface area contributed by atoms with Gasteiger partial charge in [0.1, 0.15) is 23.7 Å². The van der Waals surface area contributed by atoms with Crippen LogP contribution in [0.15, 0.2) is 6.33 Å². The molecule has 1 unspecified atom stereocenters. The van der Waals surface area contributed by atoms with Crippen LogP contribution in [-0.4, -0.2) is 21.8 Å². The number of anilines is 2. The lowest BCUT2D eigenvalue weighted by atomic mass is 10.1. The molecule has 1 radical (unpaired) electrons. The Morgan fingerprint density at radius 1 is 1.65 bits per heavy atom. The molecule has 1 aliphatic carbocycles. The van der Waals surface area contributed by atoms with Crippen molar-refractivity contribution in [3.8, 4) is 0 Å². The number of nitrogens with two attached hydrogens (primary N) is 1. The number of hydrogen-bond acceptors (Lipinski definition) is 5. The van der Waals surface area contributed by atoms with Gasteiger partial charge in [-0.2, -0.15) is 0 Å². The lowest BCUT2D eigenvalue weighted by molar-refractivity contribution is -0.116. The van der Waals surface area contributed by atoms with E-state index in [1.54, 1.807) is 0 Å². The van der Waals surface area contributed by atoms with E-state index >= 15 is 0 Å². The molecular weight excluding hydrogens is 216 g/mol. The minimum Gasteiger partial charge on any atom is -0.383 e. The Kier molecular flexibility index (Phi) is 3.26. The van der Waals surface area contributed by atoms with Crippen molar-refractivity contribution >= 4 is 17.4 Å². The maximum atomic E-state index is 11.2. The molecule has 1 aliphatic rings. The summed E-state index contributed by atoms with van der Waals surface area (Å²) in [5.41, 5.74) is 6.49. The fourth-order valence-electron chi connectivity index (χ4n) is 1.78. The first-order chi connectivity index (χ1) is 8.08. The third-order valence-corrected chi connectivity index (χ3v) is 2.92. The average Bonchev–Trinajstić information content (AvgIpc) is 3.06. The summed E-state index contributed by atoms with van der Waals surface area (Å²) in [5, 5.41) is 3.30. The Bertz CT molecular complexity index is 429. The first-order valence-corrected chi connectivity index (χ1v) is 5.76. The van der Waals surface area contributed by atoms with Crippen LogP contribution >= 0.6 is 0 Å². The maximum absolute atomic E-state index is 11.2. The fourth-order valence-corrected chi connectivity index (χ4v) is 1.78. The van der Waals surface area contributed by atoms with Gasteiger partial charge < -0.3 is 11.1 Å². The highest BCUT2D eigenvalue weighted by Gasteiger charge is 2.29. The molecule has 0 aliphatic heterocycles. The van der Waals surface area contributed by atoms with Gasteiger partial charge in [-0.25, -0.2) is 9.97 Å². The van der Waals surface area contributed by atoms with Crippen LogP contribution in [0.3, 0.4) is 0 Å². The second-order valence-electron chi connectivity index (χ2n) is 4.53. The average molecular weight is 233 g/mol. The van der Waals surface area contributed by atoms with Crippen molar-refractivity contribution in [1.29, 1.82) is 0 Å². The first-order valence-electron chi connectivity index (χ1n) is 5.76. The van der Waals surface area contributed by atoms with Gasteiger partial charge in [-0.1, -0.05) is 0 Å². The molecule has 0 bridgehead atoms. The van der Waals surface area contributed by atoms with Crippen LogP contribution in [0.1, 0.15) is 25.8 Å². The van der Waals surface area contributed by atoms with E-state index in [9.17, 15) is 4.79 Å². The van der Waals surface area contributed by atoms with E-state index in [4.69, 9.17) is 5.73 Å². The molecule has 91 valence electrons. The van der Waals surface area contributed by atoms with Gasteiger partial charge in [-0.3, -0.25) is 4.79 Å². The van der Waals surface area contributed by atoms with Crippen LogP contribution in [0.25, 0.3) is 0 Å². The van der Waals surface area contributed by atoms with Crippen LogP contribution in [0.5, 0.6) is 0 Å². The Balaban J connectivity index is 2.18. The summed E-state index contributed by atoms with van der Waals surface area (Å²) in [7, 11) is 0. The Hall–Kier alpha value is -1.65.